The van der Waals surface area contributed by atoms with E-state index in [2.05, 4.69) is 22.5 Å². The summed E-state index contributed by atoms with van der Waals surface area (Å²) in [6, 6.07) is -0.680. The number of nitrogens with one attached hydrogen (secondary N) is 2. The molecule has 116 valence electrons. The van der Waals surface area contributed by atoms with Gasteiger partial charge in [-0.05, 0) is 45.7 Å². The highest BCUT2D eigenvalue weighted by Crippen LogP contribution is 2.09. The first kappa shape index (κ1) is 16.8. The van der Waals surface area contributed by atoms with Gasteiger partial charge in [-0.25, -0.2) is 4.79 Å². The zero-order valence-corrected chi connectivity index (χ0v) is 12.7. The lowest BCUT2D eigenvalue weighted by molar-refractivity contribution is -0.141. The Bertz CT molecular complexity index is 330. The Morgan fingerprint density at radius 3 is 2.35 bits per heavy atom. The average molecular weight is 285 g/mol. The molecule has 0 spiro atoms. The predicted molar refractivity (Wildman–Crippen MR) is 77.6 cm³/mol. The van der Waals surface area contributed by atoms with Crippen LogP contribution in [-0.2, 0) is 4.79 Å². The van der Waals surface area contributed by atoms with Crippen molar-refractivity contribution in [3.8, 4) is 0 Å². The molecule has 6 heteroatoms. The number of carbonyl (C=O) groups excluding carboxylic acids is 1. The van der Waals surface area contributed by atoms with Crippen LogP contribution in [0.4, 0.5) is 4.79 Å². The standard InChI is InChI=1S/C14H27N3O3/c1-10(9-17-6-4-5-7-17)8-15-14(20)16-12(3)11(2)13(18)19/h10-12H,4-9H2,1-3H3,(H,18,19)(H2,15,16,20). The third-order valence-corrected chi connectivity index (χ3v) is 3.88. The van der Waals surface area contributed by atoms with Gasteiger partial charge in [0.2, 0.25) is 0 Å². The molecule has 3 N–H and O–H groups in total. The number of carboxylic acid groups (broad SMARTS) is 1. The number of hydrogen-bond donors (Lipinski definition) is 3. The number of rotatable bonds is 7. The van der Waals surface area contributed by atoms with Gasteiger partial charge in [-0.2, -0.15) is 0 Å². The lowest BCUT2D eigenvalue weighted by atomic mass is 10.0. The van der Waals surface area contributed by atoms with Gasteiger partial charge in [0, 0.05) is 19.1 Å². The molecule has 0 aliphatic carbocycles. The topological polar surface area (TPSA) is 81.7 Å². The number of nitrogens with zero attached hydrogens (tertiary/aromatic N) is 1. The molecule has 6 nitrogen and oxygen atoms in total. The third kappa shape index (κ3) is 5.77. The smallest absolute Gasteiger partial charge is 0.315 e. The van der Waals surface area contributed by atoms with Crippen molar-refractivity contribution in [2.45, 2.75) is 39.7 Å². The van der Waals surface area contributed by atoms with Gasteiger partial charge in [-0.15, -0.1) is 0 Å². The number of amides is 2. The first-order chi connectivity index (χ1) is 9.40. The lowest BCUT2D eigenvalue weighted by Crippen LogP contribution is -2.46. The van der Waals surface area contributed by atoms with E-state index in [9.17, 15) is 9.59 Å². The van der Waals surface area contributed by atoms with Gasteiger partial charge in [-0.1, -0.05) is 6.92 Å². The van der Waals surface area contributed by atoms with Crippen LogP contribution in [0.3, 0.4) is 0 Å². The van der Waals surface area contributed by atoms with Gasteiger partial charge < -0.3 is 20.6 Å². The fraction of sp³-hybridized carbons (Fsp3) is 0.857. The molecule has 0 aromatic rings. The zero-order valence-electron chi connectivity index (χ0n) is 12.7. The quantitative estimate of drug-likeness (QED) is 0.655. The monoisotopic (exact) mass is 285 g/mol. The summed E-state index contributed by atoms with van der Waals surface area (Å²) >= 11 is 0. The third-order valence-electron chi connectivity index (χ3n) is 3.88. The molecule has 0 aromatic heterocycles. The van der Waals surface area contributed by atoms with E-state index in [4.69, 9.17) is 5.11 Å². The molecule has 1 rings (SSSR count). The van der Waals surface area contributed by atoms with E-state index in [1.54, 1.807) is 13.8 Å². The van der Waals surface area contributed by atoms with Crippen molar-refractivity contribution < 1.29 is 14.7 Å². The van der Waals surface area contributed by atoms with Crippen LogP contribution in [0, 0.1) is 11.8 Å². The van der Waals surface area contributed by atoms with Gasteiger partial charge in [-0.3, -0.25) is 4.79 Å². The highest BCUT2D eigenvalue weighted by Gasteiger charge is 2.21. The van der Waals surface area contributed by atoms with E-state index >= 15 is 0 Å². The van der Waals surface area contributed by atoms with E-state index in [1.807, 2.05) is 0 Å². The molecule has 1 aliphatic rings. The molecule has 0 radical (unpaired) electrons. The van der Waals surface area contributed by atoms with Gasteiger partial charge >= 0.3 is 12.0 Å². The van der Waals surface area contributed by atoms with Crippen molar-refractivity contribution in [2.24, 2.45) is 11.8 Å². The summed E-state index contributed by atoms with van der Waals surface area (Å²) in [4.78, 5) is 24.9. The van der Waals surface area contributed by atoms with E-state index < -0.39 is 11.9 Å². The van der Waals surface area contributed by atoms with E-state index in [0.717, 1.165) is 19.6 Å². The van der Waals surface area contributed by atoms with Crippen LogP contribution in [0.5, 0.6) is 0 Å². The Morgan fingerprint density at radius 2 is 1.80 bits per heavy atom. The number of carboxylic acids is 1. The SMILES string of the molecule is CC(CNC(=O)NC(C)C(C)C(=O)O)CN1CCCC1. The largest absolute Gasteiger partial charge is 0.481 e. The maximum Gasteiger partial charge on any atom is 0.315 e. The molecule has 0 bridgehead atoms. The molecule has 2 amide bonds. The van der Waals surface area contributed by atoms with Crippen molar-refractivity contribution in [1.29, 1.82) is 0 Å². The van der Waals surface area contributed by atoms with Gasteiger partial charge in [0.05, 0.1) is 5.92 Å². The second-order valence-corrected chi connectivity index (χ2v) is 5.88. The maximum atomic E-state index is 11.7. The number of carbonyl (C=O) groups is 2. The van der Waals surface area contributed by atoms with Crippen LogP contribution in [-0.4, -0.2) is 54.2 Å². The summed E-state index contributed by atoms with van der Waals surface area (Å²) in [7, 11) is 0. The van der Waals surface area contributed by atoms with E-state index in [1.165, 1.54) is 12.8 Å². The van der Waals surface area contributed by atoms with Crippen molar-refractivity contribution in [3.63, 3.8) is 0 Å². The molecular formula is C14H27N3O3. The van der Waals surface area contributed by atoms with E-state index in [0.29, 0.717) is 12.5 Å². The summed E-state index contributed by atoms with van der Waals surface area (Å²) < 4.78 is 0. The Kier molecular flexibility index (Phi) is 6.78. The van der Waals surface area contributed by atoms with Gasteiger partial charge in [0.15, 0.2) is 0 Å². The van der Waals surface area contributed by atoms with E-state index in [-0.39, 0.29) is 12.1 Å². The minimum atomic E-state index is -0.903. The van der Waals surface area contributed by atoms with Crippen LogP contribution >= 0.6 is 0 Å². The second-order valence-electron chi connectivity index (χ2n) is 5.88. The highest BCUT2D eigenvalue weighted by atomic mass is 16.4. The van der Waals surface area contributed by atoms with Crippen LogP contribution in [0.25, 0.3) is 0 Å². The Hall–Kier alpha value is -1.30. The first-order valence-electron chi connectivity index (χ1n) is 7.39. The second kappa shape index (κ2) is 8.09. The predicted octanol–water partition coefficient (Wildman–Crippen LogP) is 1.13. The maximum absolute atomic E-state index is 11.7. The first-order valence-corrected chi connectivity index (χ1v) is 7.39. The molecule has 1 heterocycles. The molecule has 20 heavy (non-hydrogen) atoms. The molecule has 1 fully saturated rings. The minimum Gasteiger partial charge on any atom is -0.481 e. The minimum absolute atomic E-state index is 0.293. The Balaban J connectivity index is 2.19. The van der Waals surface area contributed by atoms with Crippen molar-refractivity contribution >= 4 is 12.0 Å². The van der Waals surface area contributed by atoms with Crippen LogP contribution in [0.15, 0.2) is 0 Å². The summed E-state index contributed by atoms with van der Waals surface area (Å²) in [5.74, 6) is -1.10. The van der Waals surface area contributed by atoms with Crippen molar-refractivity contribution in [1.82, 2.24) is 15.5 Å². The summed E-state index contributed by atoms with van der Waals surface area (Å²) in [6.07, 6.45) is 2.54. The number of likely N-dealkylation sites (tertiary alicyclic amines) is 1. The number of hydrogen-bond acceptors (Lipinski definition) is 3. The summed E-state index contributed by atoms with van der Waals surface area (Å²) in [5.41, 5.74) is 0. The van der Waals surface area contributed by atoms with Crippen LogP contribution in [0.2, 0.25) is 0 Å². The Labute approximate surface area is 120 Å². The normalized spacial score (nSPS) is 20.1. The molecule has 3 unspecified atom stereocenters. The van der Waals surface area contributed by atoms with Crippen LogP contribution in [0.1, 0.15) is 33.6 Å². The van der Waals surface area contributed by atoms with Crippen molar-refractivity contribution in [3.05, 3.63) is 0 Å². The van der Waals surface area contributed by atoms with Gasteiger partial charge in [0.25, 0.3) is 0 Å². The average Bonchev–Trinajstić information content (AvgIpc) is 2.88. The molecule has 1 aliphatic heterocycles. The number of urea groups is 1. The fourth-order valence-corrected chi connectivity index (χ4v) is 2.33. The fourth-order valence-electron chi connectivity index (χ4n) is 2.33. The molecule has 0 aromatic carbocycles. The summed E-state index contributed by atoms with van der Waals surface area (Å²) in [5, 5.41) is 14.3. The Morgan fingerprint density at radius 1 is 1.20 bits per heavy atom. The molecule has 0 saturated carbocycles. The highest BCUT2D eigenvalue weighted by molar-refractivity contribution is 5.76. The summed E-state index contributed by atoms with van der Waals surface area (Å²) in [6.45, 7) is 9.32. The lowest BCUT2D eigenvalue weighted by Gasteiger charge is -2.22. The van der Waals surface area contributed by atoms with Crippen molar-refractivity contribution in [2.75, 3.05) is 26.2 Å². The zero-order chi connectivity index (χ0) is 15.1. The molecule has 1 saturated heterocycles. The molecule has 3 atom stereocenters. The van der Waals surface area contributed by atoms with Crippen LogP contribution < -0.4 is 10.6 Å². The molecular weight excluding hydrogens is 258 g/mol. The van der Waals surface area contributed by atoms with Gasteiger partial charge in [0.1, 0.15) is 0 Å². The number of aliphatic carboxylic acids is 1.